The molecule has 0 rings (SSSR count). The lowest BCUT2D eigenvalue weighted by atomic mass is 9.95. The van der Waals surface area contributed by atoms with Crippen molar-refractivity contribution in [3.63, 3.8) is 0 Å². The second-order valence-electron chi connectivity index (χ2n) is 19.0. The highest BCUT2D eigenvalue weighted by molar-refractivity contribution is 5.76. The molecule has 0 heterocycles. The number of unbranched alkanes of at least 4 members (excludes halogenated alkanes) is 22. The van der Waals surface area contributed by atoms with Crippen molar-refractivity contribution >= 4 is 18.7 Å². The number of hydrogen-bond donors (Lipinski definition) is 1. The molecule has 2 atom stereocenters. The molecule has 0 aliphatic rings. The second kappa shape index (κ2) is 70.1. The third-order valence-corrected chi connectivity index (χ3v) is 11.7. The Bertz CT molecular complexity index is 860. The molecule has 2 unspecified atom stereocenters. The Balaban J connectivity index is -0.000000269. The summed E-state index contributed by atoms with van der Waals surface area (Å²) in [5.74, 6) is 1.19. The van der Waals surface area contributed by atoms with Gasteiger partial charge in [0.1, 0.15) is 6.29 Å². The maximum Gasteiger partial charge on any atom is 0.293 e. The van der Waals surface area contributed by atoms with Crippen molar-refractivity contribution in [3.05, 3.63) is 0 Å². The molecule has 0 aliphatic heterocycles. The zero-order valence-corrected chi connectivity index (χ0v) is 46.9. The quantitative estimate of drug-likeness (QED) is 0.0480. The third kappa shape index (κ3) is 69.1. The lowest BCUT2D eigenvalue weighted by Gasteiger charge is -2.24. The van der Waals surface area contributed by atoms with Crippen LogP contribution in [-0.4, -0.2) is 93.7 Å². The number of carbonyl (C=O) groups excluding carboxylic acids is 3. The van der Waals surface area contributed by atoms with Crippen molar-refractivity contribution < 1.29 is 29.0 Å². The van der Waals surface area contributed by atoms with Gasteiger partial charge in [-0.3, -0.25) is 9.59 Å². The van der Waals surface area contributed by atoms with Gasteiger partial charge in [0.15, 0.2) is 0 Å². The molecule has 0 aliphatic carbocycles. The van der Waals surface area contributed by atoms with E-state index in [0.717, 1.165) is 64.8 Å². The van der Waals surface area contributed by atoms with E-state index in [1.165, 1.54) is 186 Å². The van der Waals surface area contributed by atoms with Crippen molar-refractivity contribution in [2.24, 2.45) is 11.8 Å². The number of hydrogen-bond acceptors (Lipinski definition) is 7. The fourth-order valence-electron chi connectivity index (χ4n) is 7.58. The number of nitrogens with zero attached hydrogens (tertiary/aromatic N) is 2. The summed E-state index contributed by atoms with van der Waals surface area (Å²) < 4.78 is 10.0. The van der Waals surface area contributed by atoms with E-state index >= 15 is 0 Å². The van der Waals surface area contributed by atoms with Gasteiger partial charge in [-0.2, -0.15) is 0 Å². The molecule has 0 aromatic carbocycles. The smallest absolute Gasteiger partial charge is 0.293 e. The summed E-state index contributed by atoms with van der Waals surface area (Å²) in [5, 5.41) is 8.94. The average molecular weight is 944 g/mol. The molecule has 1 amide bonds. The first-order chi connectivity index (χ1) is 32.2. The van der Waals surface area contributed by atoms with Crippen molar-refractivity contribution in [2.45, 2.75) is 287 Å². The van der Waals surface area contributed by atoms with Gasteiger partial charge < -0.3 is 29.2 Å². The van der Waals surface area contributed by atoms with Gasteiger partial charge in [0.25, 0.3) is 6.47 Å². The van der Waals surface area contributed by atoms with E-state index in [1.54, 1.807) is 7.11 Å². The number of aldehydes is 1. The predicted octanol–water partition coefficient (Wildman–Crippen LogP) is 16.8. The summed E-state index contributed by atoms with van der Waals surface area (Å²) in [4.78, 5) is 37.8. The zero-order chi connectivity index (χ0) is 50.4. The van der Waals surface area contributed by atoms with Gasteiger partial charge >= 0.3 is 0 Å². The maximum atomic E-state index is 12.5. The number of carbonyl (C=O) groups is 3. The normalized spacial score (nSPS) is 11.4. The highest BCUT2D eigenvalue weighted by atomic mass is 16.5. The van der Waals surface area contributed by atoms with Crippen molar-refractivity contribution in [3.8, 4) is 0 Å². The lowest BCUT2D eigenvalue weighted by Crippen LogP contribution is -2.35. The summed E-state index contributed by atoms with van der Waals surface area (Å²) in [5.41, 5.74) is 0. The first-order valence-corrected chi connectivity index (χ1v) is 28.7. The fraction of sp³-hybridized carbons (Fsp3) is 0.948. The Morgan fingerprint density at radius 2 is 0.864 bits per heavy atom. The Hall–Kier alpha value is -1.51. The average Bonchev–Trinajstić information content (AvgIpc) is 3.31. The summed E-state index contributed by atoms with van der Waals surface area (Å²) in [6.45, 7) is 25.0. The van der Waals surface area contributed by atoms with Gasteiger partial charge in [-0.1, -0.05) is 236 Å². The molecule has 0 fully saturated rings. The molecular formula is C58H122N2O6. The number of aliphatic hydroxyl groups is 1. The first-order valence-electron chi connectivity index (χ1n) is 28.7. The standard InChI is InChI=1S/C19H40N2O3.C17H34O2.C16H32O.2C3H8/c1-4-5-6-9-13-21(14-10-7-8-11-18-24-3)19(23)12-15-20(2)16-17-22;1-3-5-7-9-10-12-14-17(15-19-16-18)13-11-8-6-4-2;1-3-5-7-9-10-12-14-16(15-17)13-11-8-6-4-2;2*1-3-2/h22H,4-18H2,1-3H3;16-17H,3-15H2,1-2H3;15-16H,3-14H2,1-2H3;2*3H2,1-2H3. The molecule has 0 bridgehead atoms. The largest absolute Gasteiger partial charge is 0.468 e. The molecule has 0 spiro atoms. The Kier molecular flexibility index (Phi) is 78.0. The number of methoxy groups -OCH3 is 1. The van der Waals surface area contributed by atoms with Crippen LogP contribution in [0.4, 0.5) is 0 Å². The Morgan fingerprint density at radius 3 is 1.26 bits per heavy atom. The van der Waals surface area contributed by atoms with Crippen molar-refractivity contribution in [2.75, 3.05) is 60.2 Å². The van der Waals surface area contributed by atoms with Gasteiger partial charge in [0.05, 0.1) is 13.2 Å². The van der Waals surface area contributed by atoms with Crippen LogP contribution in [0.15, 0.2) is 0 Å². The number of amides is 1. The zero-order valence-electron chi connectivity index (χ0n) is 46.9. The van der Waals surface area contributed by atoms with Crippen molar-refractivity contribution in [1.29, 1.82) is 0 Å². The van der Waals surface area contributed by atoms with Crippen LogP contribution in [0.3, 0.4) is 0 Å². The molecule has 1 N–H and O–H groups in total. The monoisotopic (exact) mass is 943 g/mol. The van der Waals surface area contributed by atoms with E-state index in [4.69, 9.17) is 14.6 Å². The summed E-state index contributed by atoms with van der Waals surface area (Å²) in [7, 11) is 3.69. The second-order valence-corrected chi connectivity index (χ2v) is 19.0. The third-order valence-electron chi connectivity index (χ3n) is 11.7. The van der Waals surface area contributed by atoms with Gasteiger partial charge in [-0.15, -0.1) is 0 Å². The number of likely N-dealkylation sites (N-methyl/N-ethyl adjacent to an activating group) is 1. The van der Waals surface area contributed by atoms with Crippen LogP contribution in [0.2, 0.25) is 0 Å². The van der Waals surface area contributed by atoms with E-state index in [0.29, 0.717) is 37.9 Å². The van der Waals surface area contributed by atoms with E-state index < -0.39 is 0 Å². The highest BCUT2D eigenvalue weighted by Crippen LogP contribution is 2.20. The molecule has 400 valence electrons. The topological polar surface area (TPSA) is 96.4 Å². The fourth-order valence-corrected chi connectivity index (χ4v) is 7.58. The van der Waals surface area contributed by atoms with E-state index in [-0.39, 0.29) is 12.5 Å². The Labute approximate surface area is 415 Å². The number of aliphatic hydroxyl groups excluding tert-OH is 1. The van der Waals surface area contributed by atoms with Crippen molar-refractivity contribution in [1.82, 2.24) is 9.80 Å². The molecule has 0 aromatic rings. The molecule has 0 radical (unpaired) electrons. The van der Waals surface area contributed by atoms with E-state index in [9.17, 15) is 14.4 Å². The molecule has 8 nitrogen and oxygen atoms in total. The summed E-state index contributed by atoms with van der Waals surface area (Å²) in [6.07, 6.45) is 44.7. The lowest BCUT2D eigenvalue weighted by molar-refractivity contribution is -0.132. The molecule has 0 saturated carbocycles. The van der Waals surface area contributed by atoms with Crippen LogP contribution in [0, 0.1) is 11.8 Å². The molecule has 0 saturated heterocycles. The minimum absolute atomic E-state index is 0.146. The Morgan fingerprint density at radius 1 is 0.500 bits per heavy atom. The van der Waals surface area contributed by atoms with E-state index in [1.807, 2.05) is 11.9 Å². The molecule has 8 heteroatoms. The molecule has 0 aromatic heterocycles. The van der Waals surface area contributed by atoms with Crippen LogP contribution in [0.25, 0.3) is 0 Å². The van der Waals surface area contributed by atoms with Gasteiger partial charge in [0, 0.05) is 52.2 Å². The SMILES string of the molecule is CCC.CCC.CCCCCCCCC(C=O)CCCCCC.CCCCCCCCC(CCCCCC)COC=O.CCCCCCN(CCCCCCOC)C(=O)CCN(C)CCO. The maximum absolute atomic E-state index is 12.5. The van der Waals surface area contributed by atoms with Gasteiger partial charge in [-0.25, -0.2) is 0 Å². The van der Waals surface area contributed by atoms with Gasteiger partial charge in [-0.05, 0) is 57.9 Å². The first kappa shape index (κ1) is 73.5. The molecular weight excluding hydrogens is 821 g/mol. The predicted molar refractivity (Wildman–Crippen MR) is 291 cm³/mol. The highest BCUT2D eigenvalue weighted by Gasteiger charge is 2.14. The van der Waals surface area contributed by atoms with E-state index in [2.05, 4.69) is 67.2 Å². The molecule has 66 heavy (non-hydrogen) atoms. The minimum atomic E-state index is 0.146. The number of ether oxygens (including phenoxy) is 2. The minimum Gasteiger partial charge on any atom is -0.468 e. The van der Waals surface area contributed by atoms with Crippen LogP contribution in [-0.2, 0) is 23.9 Å². The van der Waals surface area contributed by atoms with Gasteiger partial charge in [0.2, 0.25) is 5.91 Å². The van der Waals surface area contributed by atoms with Crippen LogP contribution < -0.4 is 0 Å². The van der Waals surface area contributed by atoms with Crippen LogP contribution in [0.1, 0.15) is 287 Å². The van der Waals surface area contributed by atoms with Crippen LogP contribution in [0.5, 0.6) is 0 Å². The number of rotatable bonds is 45. The summed E-state index contributed by atoms with van der Waals surface area (Å²) >= 11 is 0. The van der Waals surface area contributed by atoms with Crippen LogP contribution >= 0.6 is 0 Å². The summed E-state index contributed by atoms with van der Waals surface area (Å²) in [6, 6.07) is 0.